The maximum atomic E-state index is 12.4. The third-order valence-corrected chi connectivity index (χ3v) is 5.13. The number of nitrogens with one attached hydrogen (secondary N) is 1. The Hall–Kier alpha value is -2.49. The zero-order valence-corrected chi connectivity index (χ0v) is 15.0. The van der Waals surface area contributed by atoms with Crippen LogP contribution in [0.25, 0.3) is 0 Å². The van der Waals surface area contributed by atoms with Crippen molar-refractivity contribution in [2.75, 3.05) is 31.5 Å². The van der Waals surface area contributed by atoms with Gasteiger partial charge in [-0.05, 0) is 36.4 Å². The van der Waals surface area contributed by atoms with Crippen LogP contribution < -0.4 is 10.5 Å². The van der Waals surface area contributed by atoms with Gasteiger partial charge in [0.05, 0.1) is 10.6 Å². The summed E-state index contributed by atoms with van der Waals surface area (Å²) < 4.78 is 22.5. The Morgan fingerprint density at radius 3 is 2.35 bits per heavy atom. The van der Waals surface area contributed by atoms with E-state index < -0.39 is 10.0 Å². The first-order chi connectivity index (χ1) is 12.4. The van der Waals surface area contributed by atoms with Crippen LogP contribution in [0.15, 0.2) is 53.6 Å². The quantitative estimate of drug-likeness (QED) is 0.831. The third-order valence-electron chi connectivity index (χ3n) is 4.21. The molecule has 0 spiro atoms. The normalized spacial score (nSPS) is 15.7. The van der Waals surface area contributed by atoms with Crippen molar-refractivity contribution in [3.8, 4) is 0 Å². The van der Waals surface area contributed by atoms with Crippen LogP contribution in [0.3, 0.4) is 0 Å². The Morgan fingerprint density at radius 1 is 1.08 bits per heavy atom. The average molecular weight is 375 g/mol. The van der Waals surface area contributed by atoms with Crippen LogP contribution in [-0.4, -0.2) is 55.4 Å². The van der Waals surface area contributed by atoms with Gasteiger partial charge in [0, 0.05) is 44.6 Å². The average Bonchev–Trinajstić information content (AvgIpc) is 2.63. The van der Waals surface area contributed by atoms with E-state index in [1.807, 2.05) is 18.2 Å². The van der Waals surface area contributed by atoms with E-state index in [1.54, 1.807) is 11.1 Å². The van der Waals surface area contributed by atoms with Crippen molar-refractivity contribution in [2.24, 2.45) is 5.14 Å². The molecule has 26 heavy (non-hydrogen) atoms. The molecule has 8 nitrogen and oxygen atoms in total. The largest absolute Gasteiger partial charge is 0.322 e. The summed E-state index contributed by atoms with van der Waals surface area (Å²) in [6, 6.07) is 11.4. The molecule has 0 atom stereocenters. The van der Waals surface area contributed by atoms with Gasteiger partial charge < -0.3 is 10.2 Å². The fourth-order valence-electron chi connectivity index (χ4n) is 2.76. The number of sulfonamides is 1. The SMILES string of the molecule is NS(=O)(=O)c1ccc(NC(=O)N2CCN(Cc3ccccn3)CC2)cc1. The molecule has 3 rings (SSSR count). The lowest BCUT2D eigenvalue weighted by atomic mass is 10.2. The summed E-state index contributed by atoms with van der Waals surface area (Å²) in [6.07, 6.45) is 1.78. The molecule has 0 radical (unpaired) electrons. The van der Waals surface area contributed by atoms with Crippen molar-refractivity contribution >= 4 is 21.7 Å². The van der Waals surface area contributed by atoms with Crippen molar-refractivity contribution in [1.29, 1.82) is 0 Å². The minimum Gasteiger partial charge on any atom is -0.322 e. The van der Waals surface area contributed by atoms with Crippen LogP contribution in [0.1, 0.15) is 5.69 Å². The Labute approximate surface area is 152 Å². The van der Waals surface area contributed by atoms with Gasteiger partial charge in [0.25, 0.3) is 0 Å². The van der Waals surface area contributed by atoms with Crippen LogP contribution in [0.2, 0.25) is 0 Å². The second kappa shape index (κ2) is 7.81. The first-order valence-corrected chi connectivity index (χ1v) is 9.77. The van der Waals surface area contributed by atoms with Gasteiger partial charge >= 0.3 is 6.03 Å². The van der Waals surface area contributed by atoms with Crippen LogP contribution in [0, 0.1) is 0 Å². The highest BCUT2D eigenvalue weighted by Gasteiger charge is 2.21. The number of piperazine rings is 1. The van der Waals surface area contributed by atoms with Crippen molar-refractivity contribution in [1.82, 2.24) is 14.8 Å². The van der Waals surface area contributed by atoms with Crippen molar-refractivity contribution in [3.63, 3.8) is 0 Å². The molecule has 0 unspecified atom stereocenters. The number of nitrogens with two attached hydrogens (primary N) is 1. The van der Waals surface area contributed by atoms with Gasteiger partial charge in [-0.3, -0.25) is 9.88 Å². The minimum absolute atomic E-state index is 0.0126. The van der Waals surface area contributed by atoms with Crippen LogP contribution in [-0.2, 0) is 16.6 Å². The van der Waals surface area contributed by atoms with Crippen LogP contribution in [0.5, 0.6) is 0 Å². The summed E-state index contributed by atoms with van der Waals surface area (Å²) in [4.78, 5) is 20.7. The number of benzene rings is 1. The highest BCUT2D eigenvalue weighted by atomic mass is 32.2. The minimum atomic E-state index is -3.73. The van der Waals surface area contributed by atoms with E-state index in [4.69, 9.17) is 5.14 Å². The van der Waals surface area contributed by atoms with Crippen LogP contribution >= 0.6 is 0 Å². The first kappa shape index (κ1) is 18.3. The van der Waals surface area contributed by atoms with Gasteiger partial charge in [0.15, 0.2) is 0 Å². The zero-order valence-electron chi connectivity index (χ0n) is 14.2. The van der Waals surface area contributed by atoms with E-state index in [0.717, 1.165) is 25.3 Å². The van der Waals surface area contributed by atoms with Gasteiger partial charge in [-0.25, -0.2) is 18.4 Å². The lowest BCUT2D eigenvalue weighted by molar-refractivity contribution is 0.142. The number of primary sulfonamides is 1. The molecule has 1 saturated heterocycles. The number of anilines is 1. The Bertz CT molecular complexity index is 848. The number of rotatable bonds is 4. The molecule has 0 aliphatic carbocycles. The van der Waals surface area contributed by atoms with Gasteiger partial charge in [-0.1, -0.05) is 6.07 Å². The Kier molecular flexibility index (Phi) is 5.50. The highest BCUT2D eigenvalue weighted by molar-refractivity contribution is 7.89. The van der Waals surface area contributed by atoms with Crippen LogP contribution in [0.4, 0.5) is 10.5 Å². The Morgan fingerprint density at radius 2 is 1.77 bits per heavy atom. The summed E-state index contributed by atoms with van der Waals surface area (Å²) >= 11 is 0. The lowest BCUT2D eigenvalue weighted by Gasteiger charge is -2.34. The molecule has 1 aliphatic rings. The molecular formula is C17H21N5O3S. The van der Waals surface area contributed by atoms with E-state index in [9.17, 15) is 13.2 Å². The van der Waals surface area contributed by atoms with Gasteiger partial charge in [-0.2, -0.15) is 0 Å². The van der Waals surface area contributed by atoms with Gasteiger partial charge in [-0.15, -0.1) is 0 Å². The summed E-state index contributed by atoms with van der Waals surface area (Å²) in [7, 11) is -3.73. The zero-order chi connectivity index (χ0) is 18.6. The number of urea groups is 1. The maximum absolute atomic E-state index is 12.4. The molecule has 1 aliphatic heterocycles. The number of nitrogens with zero attached hydrogens (tertiary/aromatic N) is 3. The highest BCUT2D eigenvalue weighted by Crippen LogP contribution is 2.14. The summed E-state index contributed by atoms with van der Waals surface area (Å²) in [5.74, 6) is 0. The molecule has 0 bridgehead atoms. The smallest absolute Gasteiger partial charge is 0.321 e. The van der Waals surface area contributed by atoms with E-state index in [2.05, 4.69) is 15.2 Å². The summed E-state index contributed by atoms with van der Waals surface area (Å²) in [6.45, 7) is 3.55. The second-order valence-corrected chi connectivity index (χ2v) is 7.65. The molecule has 138 valence electrons. The number of hydrogen-bond donors (Lipinski definition) is 2. The molecule has 2 amide bonds. The number of carbonyl (C=O) groups is 1. The van der Waals surface area contributed by atoms with Crippen molar-refractivity contribution in [2.45, 2.75) is 11.4 Å². The predicted molar refractivity (Wildman–Crippen MR) is 97.9 cm³/mol. The number of pyridine rings is 1. The first-order valence-electron chi connectivity index (χ1n) is 8.23. The molecule has 2 heterocycles. The molecule has 1 fully saturated rings. The molecule has 1 aromatic heterocycles. The molecule has 0 saturated carbocycles. The van der Waals surface area contributed by atoms with Gasteiger partial charge in [0.2, 0.25) is 10.0 Å². The molecule has 3 N–H and O–H groups in total. The fourth-order valence-corrected chi connectivity index (χ4v) is 3.28. The van der Waals surface area contributed by atoms with Crippen molar-refractivity contribution in [3.05, 3.63) is 54.4 Å². The topological polar surface area (TPSA) is 109 Å². The maximum Gasteiger partial charge on any atom is 0.321 e. The number of amides is 2. The second-order valence-electron chi connectivity index (χ2n) is 6.08. The fraction of sp³-hybridized carbons (Fsp3) is 0.294. The lowest BCUT2D eigenvalue weighted by Crippen LogP contribution is -2.49. The van der Waals surface area contributed by atoms with E-state index >= 15 is 0 Å². The van der Waals surface area contributed by atoms with Crippen molar-refractivity contribution < 1.29 is 13.2 Å². The monoisotopic (exact) mass is 375 g/mol. The molecule has 2 aromatic rings. The predicted octanol–water partition coefficient (Wildman–Crippen LogP) is 1.08. The molecule has 9 heteroatoms. The standard InChI is InChI=1S/C17H21N5O3S/c18-26(24,25)16-6-4-14(5-7-16)20-17(23)22-11-9-21(10-12-22)13-15-3-1-2-8-19-15/h1-8H,9-13H2,(H,20,23)(H2,18,24,25). The third kappa shape index (κ3) is 4.78. The van der Waals surface area contributed by atoms with E-state index in [0.29, 0.717) is 18.8 Å². The molecular weight excluding hydrogens is 354 g/mol. The summed E-state index contributed by atoms with van der Waals surface area (Å²) in [5, 5.41) is 7.84. The van der Waals surface area contributed by atoms with E-state index in [1.165, 1.54) is 24.3 Å². The number of hydrogen-bond acceptors (Lipinski definition) is 5. The van der Waals surface area contributed by atoms with E-state index in [-0.39, 0.29) is 10.9 Å². The summed E-state index contributed by atoms with van der Waals surface area (Å²) in [5.41, 5.74) is 1.54. The number of aromatic nitrogens is 1. The van der Waals surface area contributed by atoms with Gasteiger partial charge in [0.1, 0.15) is 0 Å². The molecule has 1 aromatic carbocycles. The Balaban J connectivity index is 1.50. The number of carbonyl (C=O) groups excluding carboxylic acids is 1.